The molecule has 7 heteroatoms. The van der Waals surface area contributed by atoms with Crippen molar-refractivity contribution >= 4 is 16.0 Å². The fourth-order valence-corrected chi connectivity index (χ4v) is 4.26. The molecule has 1 heterocycles. The average Bonchev–Trinajstić information content (AvgIpc) is 2.77. The van der Waals surface area contributed by atoms with E-state index in [0.717, 1.165) is 10.4 Å². The number of rotatable bonds is 3. The quantitative estimate of drug-likeness (QED) is 0.911. The van der Waals surface area contributed by atoms with E-state index < -0.39 is 32.7 Å². The number of carboxylic acid groups (broad SMARTS) is 1. The van der Waals surface area contributed by atoms with Gasteiger partial charge in [-0.25, -0.2) is 12.8 Å². The lowest BCUT2D eigenvalue weighted by atomic mass is 10.2. The third-order valence-corrected chi connectivity index (χ3v) is 5.31. The van der Waals surface area contributed by atoms with Gasteiger partial charge in [0.25, 0.3) is 0 Å². The van der Waals surface area contributed by atoms with Crippen LogP contribution < -0.4 is 0 Å². The van der Waals surface area contributed by atoms with E-state index in [0.29, 0.717) is 6.42 Å². The number of aliphatic carboxylic acids is 1. The minimum Gasteiger partial charge on any atom is -0.480 e. The molecule has 1 unspecified atom stereocenters. The first kappa shape index (κ1) is 14.0. The lowest BCUT2D eigenvalue weighted by molar-refractivity contribution is -0.140. The number of aryl methyl sites for hydroxylation is 1. The van der Waals surface area contributed by atoms with Crippen LogP contribution in [-0.2, 0) is 14.8 Å². The highest BCUT2D eigenvalue weighted by molar-refractivity contribution is 7.89. The van der Waals surface area contributed by atoms with Crippen LogP contribution in [0.2, 0.25) is 0 Å². The zero-order valence-electron chi connectivity index (χ0n) is 10.3. The summed E-state index contributed by atoms with van der Waals surface area (Å²) in [7, 11) is -4.12. The van der Waals surface area contributed by atoms with E-state index in [1.807, 2.05) is 0 Å². The van der Waals surface area contributed by atoms with Gasteiger partial charge >= 0.3 is 5.97 Å². The van der Waals surface area contributed by atoms with Gasteiger partial charge in [0.15, 0.2) is 0 Å². The molecule has 5 nitrogen and oxygen atoms in total. The number of nitrogens with zero attached hydrogens (tertiary/aromatic N) is 1. The van der Waals surface area contributed by atoms with Crippen LogP contribution in [0.3, 0.4) is 0 Å². The Kier molecular flexibility index (Phi) is 3.60. The predicted octanol–water partition coefficient (Wildman–Crippen LogP) is 1.37. The highest BCUT2D eigenvalue weighted by atomic mass is 32.2. The molecule has 0 saturated carbocycles. The minimum atomic E-state index is -4.12. The predicted molar refractivity (Wildman–Crippen MR) is 65.7 cm³/mol. The second-order valence-electron chi connectivity index (χ2n) is 4.50. The summed E-state index contributed by atoms with van der Waals surface area (Å²) in [6.45, 7) is 1.59. The second-order valence-corrected chi connectivity index (χ2v) is 6.33. The van der Waals surface area contributed by atoms with Crippen LogP contribution in [0.25, 0.3) is 0 Å². The summed E-state index contributed by atoms with van der Waals surface area (Å²) in [4.78, 5) is 10.6. The fraction of sp³-hybridized carbons (Fsp3) is 0.417. The third-order valence-electron chi connectivity index (χ3n) is 3.22. The molecule has 2 rings (SSSR count). The maximum atomic E-state index is 13.8. The van der Waals surface area contributed by atoms with Gasteiger partial charge in [-0.1, -0.05) is 12.1 Å². The Balaban J connectivity index is 2.51. The third kappa shape index (κ3) is 2.35. The normalized spacial score (nSPS) is 20.6. The molecule has 1 aromatic carbocycles. The van der Waals surface area contributed by atoms with Gasteiger partial charge in [-0.15, -0.1) is 0 Å². The first-order valence-corrected chi connectivity index (χ1v) is 7.29. The number of benzene rings is 1. The maximum absolute atomic E-state index is 13.8. The fourth-order valence-electron chi connectivity index (χ4n) is 2.34. The monoisotopic (exact) mass is 287 g/mol. The van der Waals surface area contributed by atoms with E-state index >= 15 is 0 Å². The highest BCUT2D eigenvalue weighted by Crippen LogP contribution is 2.29. The molecule has 0 bridgehead atoms. The van der Waals surface area contributed by atoms with Crippen molar-refractivity contribution in [1.29, 1.82) is 0 Å². The molecule has 0 spiro atoms. The highest BCUT2D eigenvalue weighted by Gasteiger charge is 2.41. The molecule has 19 heavy (non-hydrogen) atoms. The van der Waals surface area contributed by atoms with Crippen molar-refractivity contribution < 1.29 is 22.7 Å². The lowest BCUT2D eigenvalue weighted by Crippen LogP contribution is -2.40. The van der Waals surface area contributed by atoms with E-state index in [9.17, 15) is 17.6 Å². The number of carbonyl (C=O) groups is 1. The Labute approximate surface area is 110 Å². The van der Waals surface area contributed by atoms with Gasteiger partial charge in [0.1, 0.15) is 16.8 Å². The van der Waals surface area contributed by atoms with Gasteiger partial charge in [0.05, 0.1) is 0 Å². The van der Waals surface area contributed by atoms with Crippen LogP contribution in [0.5, 0.6) is 0 Å². The Hall–Kier alpha value is -1.47. The molecule has 0 aromatic heterocycles. The largest absolute Gasteiger partial charge is 0.480 e. The number of halogens is 1. The van der Waals surface area contributed by atoms with Gasteiger partial charge in [-0.3, -0.25) is 4.79 Å². The number of carboxylic acids is 1. The van der Waals surface area contributed by atoms with E-state index in [1.54, 1.807) is 0 Å². The number of hydrogen-bond donors (Lipinski definition) is 1. The van der Waals surface area contributed by atoms with Gasteiger partial charge in [0, 0.05) is 6.54 Å². The van der Waals surface area contributed by atoms with Gasteiger partial charge in [-0.05, 0) is 31.4 Å². The summed E-state index contributed by atoms with van der Waals surface area (Å²) < 4.78 is 39.5. The molecule has 1 saturated heterocycles. The van der Waals surface area contributed by atoms with Crippen molar-refractivity contribution in [1.82, 2.24) is 4.31 Å². The molecule has 0 amide bonds. The second kappa shape index (κ2) is 4.90. The number of hydrogen-bond acceptors (Lipinski definition) is 3. The van der Waals surface area contributed by atoms with E-state index in [-0.39, 0.29) is 18.5 Å². The molecule has 1 N–H and O–H groups in total. The van der Waals surface area contributed by atoms with Crippen molar-refractivity contribution in [3.05, 3.63) is 29.6 Å². The SMILES string of the molecule is Cc1cccc(F)c1S(=O)(=O)N1CCCC1C(=O)O. The van der Waals surface area contributed by atoms with Crippen LogP contribution in [0.15, 0.2) is 23.1 Å². The van der Waals surface area contributed by atoms with Crippen LogP contribution in [-0.4, -0.2) is 36.4 Å². The first-order chi connectivity index (χ1) is 8.85. The topological polar surface area (TPSA) is 74.7 Å². The summed E-state index contributed by atoms with van der Waals surface area (Å²) in [5.74, 6) is -2.05. The molecular weight excluding hydrogens is 273 g/mol. The summed E-state index contributed by atoms with van der Waals surface area (Å²) in [5.41, 5.74) is 0.274. The van der Waals surface area contributed by atoms with E-state index in [1.165, 1.54) is 19.1 Å². The van der Waals surface area contributed by atoms with Crippen molar-refractivity contribution in [3.63, 3.8) is 0 Å². The lowest BCUT2D eigenvalue weighted by Gasteiger charge is -2.22. The Morgan fingerprint density at radius 2 is 2.16 bits per heavy atom. The molecule has 1 atom stereocenters. The molecule has 0 aliphatic carbocycles. The summed E-state index contributed by atoms with van der Waals surface area (Å²) in [6, 6.07) is 2.86. The summed E-state index contributed by atoms with van der Waals surface area (Å²) in [6.07, 6.45) is 0.714. The zero-order chi connectivity index (χ0) is 14.2. The van der Waals surface area contributed by atoms with Crippen LogP contribution >= 0.6 is 0 Å². The molecule has 104 valence electrons. The summed E-state index contributed by atoms with van der Waals surface area (Å²) in [5, 5.41) is 9.03. The van der Waals surface area contributed by atoms with E-state index in [2.05, 4.69) is 0 Å². The Bertz CT molecular complexity index is 594. The van der Waals surface area contributed by atoms with Crippen molar-refractivity contribution in [2.75, 3.05) is 6.54 Å². The molecule has 1 aromatic rings. The molecule has 1 fully saturated rings. The molecule has 0 radical (unpaired) electrons. The Morgan fingerprint density at radius 3 is 2.74 bits per heavy atom. The summed E-state index contributed by atoms with van der Waals surface area (Å²) >= 11 is 0. The first-order valence-electron chi connectivity index (χ1n) is 5.85. The van der Waals surface area contributed by atoms with Gasteiger partial charge < -0.3 is 5.11 Å². The van der Waals surface area contributed by atoms with Gasteiger partial charge in [-0.2, -0.15) is 4.31 Å². The average molecular weight is 287 g/mol. The van der Waals surface area contributed by atoms with Crippen LogP contribution in [0.4, 0.5) is 4.39 Å². The molecule has 1 aliphatic heterocycles. The smallest absolute Gasteiger partial charge is 0.322 e. The van der Waals surface area contributed by atoms with Gasteiger partial charge in [0.2, 0.25) is 10.0 Å². The van der Waals surface area contributed by atoms with Crippen molar-refractivity contribution in [2.45, 2.75) is 30.7 Å². The van der Waals surface area contributed by atoms with Crippen molar-refractivity contribution in [2.24, 2.45) is 0 Å². The minimum absolute atomic E-state index is 0.104. The van der Waals surface area contributed by atoms with Crippen LogP contribution in [0, 0.1) is 12.7 Å². The molecule has 1 aliphatic rings. The number of sulfonamides is 1. The maximum Gasteiger partial charge on any atom is 0.322 e. The molecular formula is C12H14FNO4S. The van der Waals surface area contributed by atoms with Crippen LogP contribution in [0.1, 0.15) is 18.4 Å². The standard InChI is InChI=1S/C12H14FNO4S/c1-8-4-2-5-9(13)11(8)19(17,18)14-7-3-6-10(14)12(15)16/h2,4-5,10H,3,6-7H2,1H3,(H,15,16). The Morgan fingerprint density at radius 1 is 1.47 bits per heavy atom. The van der Waals surface area contributed by atoms with E-state index in [4.69, 9.17) is 5.11 Å². The zero-order valence-corrected chi connectivity index (χ0v) is 11.2. The van der Waals surface area contributed by atoms with Crippen molar-refractivity contribution in [3.8, 4) is 0 Å².